The number of hydrazine groups is 1. The third-order valence-electron chi connectivity index (χ3n) is 5.41. The number of carbonyl (C=O) groups excluding carboxylic acids is 1. The van der Waals surface area contributed by atoms with Gasteiger partial charge in [0.25, 0.3) is 0 Å². The fraction of sp³-hybridized carbons (Fsp3) is 0.579. The molecule has 154 valence electrons. The largest absolute Gasteiger partial charge is 0.273 e. The zero-order valence-electron chi connectivity index (χ0n) is 16.4. The molecule has 3 unspecified atom stereocenters. The van der Waals surface area contributed by atoms with E-state index < -0.39 is 10.0 Å². The van der Waals surface area contributed by atoms with Crippen LogP contribution in [0.1, 0.15) is 36.9 Å². The molecule has 3 rings (SSSR count). The van der Waals surface area contributed by atoms with Crippen LogP contribution in [0.15, 0.2) is 29.4 Å². The topological polar surface area (TPSA) is 103 Å². The number of nitrogens with one attached hydrogen (secondary N) is 3. The molecular weight excluding hydrogens is 378 g/mol. The minimum absolute atomic E-state index is 0.0571. The third kappa shape index (κ3) is 4.96. The Kier molecular flexibility index (Phi) is 6.82. The van der Waals surface area contributed by atoms with Crippen LogP contribution in [-0.2, 0) is 14.8 Å². The normalized spacial score (nSPS) is 26.6. The lowest BCUT2D eigenvalue weighted by Crippen LogP contribution is -2.45. The molecule has 28 heavy (non-hydrogen) atoms. The Morgan fingerprint density at radius 3 is 2.82 bits per heavy atom. The van der Waals surface area contributed by atoms with Crippen LogP contribution in [0.25, 0.3) is 0 Å². The summed E-state index contributed by atoms with van der Waals surface area (Å²) in [5, 5.41) is 4.16. The second kappa shape index (κ2) is 9.13. The molecule has 1 aromatic rings. The first kappa shape index (κ1) is 20.9. The van der Waals surface area contributed by atoms with Crippen molar-refractivity contribution in [1.82, 2.24) is 20.6 Å². The second-order valence-electron chi connectivity index (χ2n) is 7.43. The fourth-order valence-electron chi connectivity index (χ4n) is 3.63. The van der Waals surface area contributed by atoms with Gasteiger partial charge >= 0.3 is 0 Å². The van der Waals surface area contributed by atoms with Crippen molar-refractivity contribution in [1.29, 1.82) is 0 Å². The van der Waals surface area contributed by atoms with Gasteiger partial charge in [0.2, 0.25) is 15.9 Å². The molecule has 2 fully saturated rings. The second-order valence-corrected chi connectivity index (χ2v) is 9.69. The monoisotopic (exact) mass is 407 g/mol. The number of piperidine rings is 1. The number of hydrogen-bond acceptors (Lipinski definition) is 6. The van der Waals surface area contributed by atoms with Crippen molar-refractivity contribution in [2.24, 2.45) is 16.9 Å². The molecule has 9 heteroatoms. The Morgan fingerprint density at radius 2 is 2.11 bits per heavy atom. The van der Waals surface area contributed by atoms with Gasteiger partial charge in [-0.05, 0) is 32.3 Å². The van der Waals surface area contributed by atoms with Gasteiger partial charge in [-0.15, -0.1) is 0 Å². The number of carbonyl (C=O) groups is 1. The highest BCUT2D eigenvalue weighted by Gasteiger charge is 2.31. The number of aryl methyl sites for hydroxylation is 1. The van der Waals surface area contributed by atoms with E-state index in [1.54, 1.807) is 13.1 Å². The van der Waals surface area contributed by atoms with E-state index >= 15 is 0 Å². The average Bonchev–Trinajstić information content (AvgIpc) is 3.17. The van der Waals surface area contributed by atoms with Crippen LogP contribution < -0.4 is 16.3 Å². The molecule has 2 heterocycles. The smallest absolute Gasteiger partial charge is 0.244 e. The van der Waals surface area contributed by atoms with Crippen LogP contribution in [0.2, 0.25) is 0 Å². The first-order valence-corrected chi connectivity index (χ1v) is 11.4. The number of hydrazone groups is 1. The summed E-state index contributed by atoms with van der Waals surface area (Å²) >= 11 is 0. The van der Waals surface area contributed by atoms with E-state index in [9.17, 15) is 13.2 Å². The maximum absolute atomic E-state index is 12.4. The molecular formula is C19H29N5O3S. The lowest BCUT2D eigenvalue weighted by atomic mass is 9.95. The van der Waals surface area contributed by atoms with Gasteiger partial charge in [0, 0.05) is 31.8 Å². The van der Waals surface area contributed by atoms with Crippen LogP contribution >= 0.6 is 0 Å². The first-order chi connectivity index (χ1) is 13.4. The van der Waals surface area contributed by atoms with Gasteiger partial charge < -0.3 is 0 Å². The molecule has 0 spiro atoms. The van der Waals surface area contributed by atoms with E-state index in [0.29, 0.717) is 25.9 Å². The number of nitrogens with zero attached hydrogens (tertiary/aromatic N) is 2. The van der Waals surface area contributed by atoms with Gasteiger partial charge in [0.1, 0.15) is 0 Å². The molecule has 0 radical (unpaired) electrons. The van der Waals surface area contributed by atoms with Crippen molar-refractivity contribution in [3.05, 3.63) is 35.4 Å². The highest BCUT2D eigenvalue weighted by Crippen LogP contribution is 2.24. The Labute approximate surface area is 166 Å². The molecule has 3 atom stereocenters. The maximum Gasteiger partial charge on any atom is 0.244 e. The van der Waals surface area contributed by atoms with E-state index in [2.05, 4.69) is 52.6 Å². The number of hydrogen-bond donors (Lipinski definition) is 3. The fourth-order valence-corrected chi connectivity index (χ4v) is 4.81. The average molecular weight is 408 g/mol. The van der Waals surface area contributed by atoms with Crippen LogP contribution in [0.5, 0.6) is 0 Å². The quantitative estimate of drug-likeness (QED) is 0.481. The van der Waals surface area contributed by atoms with Crippen LogP contribution in [0.4, 0.5) is 0 Å². The Bertz CT molecular complexity index is 809. The summed E-state index contributed by atoms with van der Waals surface area (Å²) in [6, 6.07) is 8.41. The Hall–Kier alpha value is -1.81. The third-order valence-corrected chi connectivity index (χ3v) is 7.26. The van der Waals surface area contributed by atoms with Crippen LogP contribution in [0.3, 0.4) is 0 Å². The lowest BCUT2D eigenvalue weighted by molar-refractivity contribution is -0.126. The van der Waals surface area contributed by atoms with E-state index in [4.69, 9.17) is 0 Å². The van der Waals surface area contributed by atoms with Crippen molar-refractivity contribution in [2.45, 2.75) is 32.7 Å². The highest BCUT2D eigenvalue weighted by molar-refractivity contribution is 7.89. The summed E-state index contributed by atoms with van der Waals surface area (Å²) in [5.74, 6) is -0.425. The summed E-state index contributed by atoms with van der Waals surface area (Å²) in [6.07, 6.45) is 3.11. The minimum atomic E-state index is -3.26. The van der Waals surface area contributed by atoms with Crippen LogP contribution in [-0.4, -0.2) is 50.2 Å². The molecule has 0 aromatic heterocycles. The molecule has 0 bridgehead atoms. The van der Waals surface area contributed by atoms with Crippen molar-refractivity contribution in [3.8, 4) is 0 Å². The Morgan fingerprint density at radius 1 is 1.36 bits per heavy atom. The summed E-state index contributed by atoms with van der Waals surface area (Å²) in [7, 11) is -3.26. The Balaban J connectivity index is 1.56. The molecule has 8 nitrogen and oxygen atoms in total. The van der Waals surface area contributed by atoms with Gasteiger partial charge in [-0.1, -0.05) is 29.8 Å². The molecule has 2 saturated heterocycles. The minimum Gasteiger partial charge on any atom is -0.273 e. The van der Waals surface area contributed by atoms with E-state index in [-0.39, 0.29) is 36.1 Å². The number of benzene rings is 1. The summed E-state index contributed by atoms with van der Waals surface area (Å²) in [6.45, 7) is 5.11. The van der Waals surface area contributed by atoms with E-state index in [1.165, 1.54) is 9.87 Å². The van der Waals surface area contributed by atoms with Crippen molar-refractivity contribution >= 4 is 22.1 Å². The molecule has 1 amide bonds. The number of sulfonamides is 1. The highest BCUT2D eigenvalue weighted by atomic mass is 32.2. The van der Waals surface area contributed by atoms with E-state index in [1.807, 2.05) is 0 Å². The summed E-state index contributed by atoms with van der Waals surface area (Å²) < 4.78 is 25.5. The summed E-state index contributed by atoms with van der Waals surface area (Å²) in [4.78, 5) is 12.4. The number of amides is 1. The standard InChI is InChI=1S/C19H29N5O3S/c1-3-28(26,27)24-10-4-5-16(13-24)19(25)23-21-12-17-11-20-22-18(17)15-8-6-14(2)7-9-15/h6-9,12,16-18,20,22H,3-5,10-11,13H2,1-2H3,(H,23,25)/b21-12+. The van der Waals surface area contributed by atoms with Gasteiger partial charge in [0.15, 0.2) is 0 Å². The summed E-state index contributed by atoms with van der Waals surface area (Å²) in [5.41, 5.74) is 11.4. The maximum atomic E-state index is 12.4. The molecule has 3 N–H and O–H groups in total. The lowest BCUT2D eigenvalue weighted by Gasteiger charge is -2.30. The molecule has 0 aliphatic carbocycles. The van der Waals surface area contributed by atoms with Gasteiger partial charge in [-0.3, -0.25) is 10.2 Å². The molecule has 2 aliphatic heterocycles. The van der Waals surface area contributed by atoms with E-state index in [0.717, 1.165) is 5.56 Å². The first-order valence-electron chi connectivity index (χ1n) is 9.76. The van der Waals surface area contributed by atoms with Gasteiger partial charge in [-0.25, -0.2) is 23.6 Å². The van der Waals surface area contributed by atoms with Crippen molar-refractivity contribution in [3.63, 3.8) is 0 Å². The van der Waals surface area contributed by atoms with Crippen molar-refractivity contribution in [2.75, 3.05) is 25.4 Å². The molecule has 0 saturated carbocycles. The number of rotatable bonds is 6. The zero-order valence-corrected chi connectivity index (χ0v) is 17.2. The SMILES string of the molecule is CCS(=O)(=O)N1CCCC(C(=O)N/N=C/C2CNNC2c2ccc(C)cc2)C1. The van der Waals surface area contributed by atoms with Gasteiger partial charge in [-0.2, -0.15) is 5.10 Å². The van der Waals surface area contributed by atoms with Gasteiger partial charge in [0.05, 0.1) is 17.7 Å². The molecule has 2 aliphatic rings. The predicted octanol–water partition coefficient (Wildman–Crippen LogP) is 0.924. The predicted molar refractivity (Wildman–Crippen MR) is 109 cm³/mol. The van der Waals surface area contributed by atoms with Crippen molar-refractivity contribution < 1.29 is 13.2 Å². The molecule has 1 aromatic carbocycles. The van der Waals surface area contributed by atoms with Crippen LogP contribution in [0, 0.1) is 18.8 Å². The zero-order chi connectivity index (χ0) is 20.1.